The predicted octanol–water partition coefficient (Wildman–Crippen LogP) is -0.904. The molecule has 1 aliphatic heterocycles. The highest BCUT2D eigenvalue weighted by Gasteiger charge is 2.15. The van der Waals surface area contributed by atoms with E-state index in [-0.39, 0.29) is 18.0 Å². The molecule has 0 aliphatic carbocycles. The molecule has 0 saturated carbocycles. The normalized spacial score (nSPS) is 17.1. The number of carbonyl (C=O) groups is 1. The lowest BCUT2D eigenvalue weighted by atomic mass is 10.3. The highest BCUT2D eigenvalue weighted by atomic mass is 16.2. The second kappa shape index (κ2) is 4.12. The van der Waals surface area contributed by atoms with Gasteiger partial charge in [0.2, 0.25) is 5.91 Å². The number of aromatic amines is 1. The molecule has 1 fully saturated rings. The molecule has 6 nitrogen and oxygen atoms in total. The predicted molar refractivity (Wildman–Crippen MR) is 54.7 cm³/mol. The lowest BCUT2D eigenvalue weighted by Gasteiger charge is -2.19. The molecule has 0 radical (unpaired) electrons. The highest BCUT2D eigenvalue weighted by molar-refractivity contribution is 5.81. The molecule has 1 aromatic heterocycles. The first-order chi connectivity index (χ1) is 7.25. The monoisotopic (exact) mass is 208 g/mol. The topological polar surface area (TPSA) is 78.1 Å². The van der Waals surface area contributed by atoms with E-state index in [0.29, 0.717) is 12.2 Å². The van der Waals surface area contributed by atoms with Crippen molar-refractivity contribution >= 4 is 11.6 Å². The summed E-state index contributed by atoms with van der Waals surface area (Å²) in [5, 5.41) is 8.78. The summed E-state index contributed by atoms with van der Waals surface area (Å²) in [5.41, 5.74) is 0.438. The fourth-order valence-corrected chi connectivity index (χ4v) is 1.57. The molecule has 0 bridgehead atoms. The molecule has 1 aromatic rings. The van der Waals surface area contributed by atoms with E-state index in [2.05, 4.69) is 15.5 Å². The maximum Gasteiger partial charge on any atom is 0.266 e. The van der Waals surface area contributed by atoms with Crippen molar-refractivity contribution < 1.29 is 4.79 Å². The van der Waals surface area contributed by atoms with Gasteiger partial charge in [0.25, 0.3) is 5.56 Å². The minimum absolute atomic E-state index is 0.0206. The summed E-state index contributed by atoms with van der Waals surface area (Å²) in [6, 6.07) is 1.45. The Morgan fingerprint density at radius 1 is 1.40 bits per heavy atom. The van der Waals surface area contributed by atoms with E-state index in [0.717, 1.165) is 13.0 Å². The number of rotatable bonds is 1. The molecule has 0 unspecified atom stereocenters. The van der Waals surface area contributed by atoms with Gasteiger partial charge in [-0.3, -0.25) is 9.59 Å². The molecule has 2 rings (SSSR count). The number of hydrogen-bond acceptors (Lipinski definition) is 4. The fraction of sp³-hybridized carbons (Fsp3) is 0.444. The van der Waals surface area contributed by atoms with Crippen LogP contribution in [0.3, 0.4) is 0 Å². The Balaban J connectivity index is 2.21. The molecule has 1 amide bonds. The van der Waals surface area contributed by atoms with Crippen LogP contribution in [0, 0.1) is 0 Å². The van der Waals surface area contributed by atoms with Crippen molar-refractivity contribution in [3.8, 4) is 0 Å². The van der Waals surface area contributed by atoms with Crippen molar-refractivity contribution in [1.82, 2.24) is 15.5 Å². The minimum atomic E-state index is -0.253. The summed E-state index contributed by atoms with van der Waals surface area (Å²) >= 11 is 0. The molecule has 0 atom stereocenters. The molecule has 2 N–H and O–H groups in total. The summed E-state index contributed by atoms with van der Waals surface area (Å²) < 4.78 is 0. The van der Waals surface area contributed by atoms with Crippen LogP contribution >= 0.6 is 0 Å². The minimum Gasteiger partial charge on any atom is -0.361 e. The number of hydrogen-bond donors (Lipinski definition) is 2. The maximum absolute atomic E-state index is 11.3. The molecular formula is C9H12N4O2. The third-order valence-corrected chi connectivity index (χ3v) is 2.28. The fourth-order valence-electron chi connectivity index (χ4n) is 1.57. The molecule has 0 spiro atoms. The average Bonchev–Trinajstić information content (AvgIpc) is 2.43. The van der Waals surface area contributed by atoms with E-state index >= 15 is 0 Å². The Hall–Kier alpha value is -1.85. The SMILES string of the molecule is O=C1CN(c2cn[nH]c(=O)c2)CCCN1. The summed E-state index contributed by atoms with van der Waals surface area (Å²) in [5.74, 6) is -0.0206. The van der Waals surface area contributed by atoms with Crippen molar-refractivity contribution in [3.63, 3.8) is 0 Å². The molecule has 2 heterocycles. The summed E-state index contributed by atoms with van der Waals surface area (Å²) in [4.78, 5) is 24.2. The smallest absolute Gasteiger partial charge is 0.266 e. The van der Waals surface area contributed by atoms with E-state index in [1.165, 1.54) is 6.07 Å². The first-order valence-corrected chi connectivity index (χ1v) is 4.82. The Bertz CT molecular complexity index is 415. The van der Waals surface area contributed by atoms with Crippen LogP contribution in [0.4, 0.5) is 5.69 Å². The van der Waals surface area contributed by atoms with Crippen LogP contribution in [0.25, 0.3) is 0 Å². The second-order valence-electron chi connectivity index (χ2n) is 3.43. The quantitative estimate of drug-likeness (QED) is 0.626. The van der Waals surface area contributed by atoms with E-state index < -0.39 is 0 Å². The van der Waals surface area contributed by atoms with E-state index in [9.17, 15) is 9.59 Å². The first-order valence-electron chi connectivity index (χ1n) is 4.82. The van der Waals surface area contributed by atoms with Crippen molar-refractivity contribution in [2.24, 2.45) is 0 Å². The zero-order chi connectivity index (χ0) is 10.7. The highest BCUT2D eigenvalue weighted by Crippen LogP contribution is 2.10. The standard InChI is InChI=1S/C9H12N4O2/c14-8-4-7(5-11-12-8)13-3-1-2-10-9(15)6-13/h4-5H,1-3,6H2,(H,10,15)(H,12,14). The number of nitrogens with zero attached hydrogens (tertiary/aromatic N) is 2. The molecule has 1 saturated heterocycles. The number of H-pyrrole nitrogens is 1. The van der Waals surface area contributed by atoms with Gasteiger partial charge in [0.05, 0.1) is 18.4 Å². The molecule has 0 aromatic carbocycles. The number of amides is 1. The molecular weight excluding hydrogens is 196 g/mol. The van der Waals surface area contributed by atoms with Crippen LogP contribution in [0.1, 0.15) is 6.42 Å². The van der Waals surface area contributed by atoms with Crippen LogP contribution < -0.4 is 15.8 Å². The van der Waals surface area contributed by atoms with Crippen molar-refractivity contribution in [2.75, 3.05) is 24.5 Å². The Labute approximate surface area is 86.3 Å². The van der Waals surface area contributed by atoms with Crippen LogP contribution in [0.15, 0.2) is 17.1 Å². The number of anilines is 1. The van der Waals surface area contributed by atoms with Gasteiger partial charge in [0, 0.05) is 19.2 Å². The number of nitrogens with one attached hydrogen (secondary N) is 2. The molecule has 15 heavy (non-hydrogen) atoms. The molecule has 1 aliphatic rings. The van der Waals surface area contributed by atoms with Crippen molar-refractivity contribution in [2.45, 2.75) is 6.42 Å². The second-order valence-corrected chi connectivity index (χ2v) is 3.43. The Kier molecular flexibility index (Phi) is 2.66. The van der Waals surface area contributed by atoms with Gasteiger partial charge in [-0.15, -0.1) is 0 Å². The van der Waals surface area contributed by atoms with Crippen LogP contribution in [0.5, 0.6) is 0 Å². The zero-order valence-corrected chi connectivity index (χ0v) is 8.19. The van der Waals surface area contributed by atoms with Crippen molar-refractivity contribution in [3.05, 3.63) is 22.6 Å². The van der Waals surface area contributed by atoms with Crippen molar-refractivity contribution in [1.29, 1.82) is 0 Å². The van der Waals surface area contributed by atoms with Gasteiger partial charge in [-0.1, -0.05) is 0 Å². The average molecular weight is 208 g/mol. The van der Waals surface area contributed by atoms with Crippen LogP contribution in [-0.2, 0) is 4.79 Å². The van der Waals surface area contributed by atoms with Gasteiger partial charge in [-0.2, -0.15) is 5.10 Å². The van der Waals surface area contributed by atoms with E-state index in [4.69, 9.17) is 0 Å². The first kappa shape index (κ1) is 9.70. The zero-order valence-electron chi connectivity index (χ0n) is 8.19. The maximum atomic E-state index is 11.3. The summed E-state index contributed by atoms with van der Waals surface area (Å²) in [7, 11) is 0. The van der Waals surface area contributed by atoms with Gasteiger partial charge in [-0.25, -0.2) is 5.10 Å². The third-order valence-electron chi connectivity index (χ3n) is 2.28. The van der Waals surface area contributed by atoms with Gasteiger partial charge >= 0.3 is 0 Å². The Morgan fingerprint density at radius 3 is 3.07 bits per heavy atom. The van der Waals surface area contributed by atoms with E-state index in [1.54, 1.807) is 6.20 Å². The lowest BCUT2D eigenvalue weighted by molar-refractivity contribution is -0.119. The number of carbonyl (C=O) groups excluding carboxylic acids is 1. The lowest BCUT2D eigenvalue weighted by Crippen LogP contribution is -2.33. The van der Waals surface area contributed by atoms with E-state index in [1.807, 2.05) is 4.90 Å². The summed E-state index contributed by atoms with van der Waals surface area (Å²) in [6.45, 7) is 1.72. The largest absolute Gasteiger partial charge is 0.361 e. The molecule has 6 heteroatoms. The van der Waals surface area contributed by atoms with Gasteiger partial charge in [-0.05, 0) is 6.42 Å². The van der Waals surface area contributed by atoms with Gasteiger partial charge in [0.15, 0.2) is 0 Å². The van der Waals surface area contributed by atoms with Crippen LogP contribution in [0.2, 0.25) is 0 Å². The Morgan fingerprint density at radius 2 is 2.27 bits per heavy atom. The number of aromatic nitrogens is 2. The summed E-state index contributed by atoms with van der Waals surface area (Å²) in [6.07, 6.45) is 2.43. The van der Waals surface area contributed by atoms with Crippen LogP contribution in [-0.4, -0.2) is 35.7 Å². The van der Waals surface area contributed by atoms with Gasteiger partial charge in [0.1, 0.15) is 0 Å². The molecule has 80 valence electrons. The third kappa shape index (κ3) is 2.34. The van der Waals surface area contributed by atoms with Gasteiger partial charge < -0.3 is 10.2 Å².